The fraction of sp³-hybridized carbons (Fsp3) is 0.583. The highest BCUT2D eigenvalue weighted by Crippen LogP contribution is 2.36. The smallest absolute Gasteiger partial charge is 0.255 e. The summed E-state index contributed by atoms with van der Waals surface area (Å²) in [4.78, 5) is 15.4. The molecule has 2 heterocycles. The Morgan fingerprint density at radius 2 is 2.00 bits per heavy atom. The maximum absolute atomic E-state index is 12.2. The van der Waals surface area contributed by atoms with Gasteiger partial charge in [-0.1, -0.05) is 13.8 Å². The van der Waals surface area contributed by atoms with Crippen molar-refractivity contribution in [2.24, 2.45) is 0 Å². The van der Waals surface area contributed by atoms with Crippen LogP contribution in [0.25, 0.3) is 0 Å². The first-order chi connectivity index (χ1) is 7.02. The van der Waals surface area contributed by atoms with Crippen molar-refractivity contribution in [1.82, 2.24) is 4.90 Å². The molecule has 0 atom stereocenters. The Bertz CT molecular complexity index is 392. The highest BCUT2D eigenvalue weighted by Gasteiger charge is 2.33. The molecule has 15 heavy (non-hydrogen) atoms. The summed E-state index contributed by atoms with van der Waals surface area (Å²) in [6.45, 7) is 9.24. The van der Waals surface area contributed by atoms with Crippen LogP contribution in [-0.2, 0) is 6.54 Å². The van der Waals surface area contributed by atoms with E-state index in [0.29, 0.717) is 12.0 Å². The fourth-order valence-corrected chi connectivity index (χ4v) is 3.08. The normalized spacial score (nSPS) is 15.6. The Hall–Kier alpha value is -0.830. The van der Waals surface area contributed by atoms with Crippen LogP contribution in [0, 0.1) is 0 Å². The Kier molecular flexibility index (Phi) is 2.59. The first kappa shape index (κ1) is 10.7. The van der Waals surface area contributed by atoms with Gasteiger partial charge >= 0.3 is 0 Å². The highest BCUT2D eigenvalue weighted by atomic mass is 32.1. The van der Waals surface area contributed by atoms with E-state index < -0.39 is 0 Å². The van der Waals surface area contributed by atoms with Gasteiger partial charge in [0.25, 0.3) is 5.91 Å². The largest absolute Gasteiger partial charge is 0.332 e. The van der Waals surface area contributed by atoms with E-state index in [9.17, 15) is 4.79 Å². The lowest BCUT2D eigenvalue weighted by Crippen LogP contribution is -2.31. The SMILES string of the molecule is CC(C)c1scc2c1C(=O)N(C(C)C)C2. The molecule has 0 aliphatic carbocycles. The Balaban J connectivity index is 2.39. The van der Waals surface area contributed by atoms with Gasteiger partial charge < -0.3 is 4.90 Å². The lowest BCUT2D eigenvalue weighted by Gasteiger charge is -2.20. The van der Waals surface area contributed by atoms with Crippen LogP contribution in [0.3, 0.4) is 0 Å². The molecule has 0 aromatic carbocycles. The van der Waals surface area contributed by atoms with Gasteiger partial charge in [0.15, 0.2) is 0 Å². The Morgan fingerprint density at radius 3 is 2.53 bits per heavy atom. The first-order valence-electron chi connectivity index (χ1n) is 5.43. The molecule has 1 aromatic heterocycles. The molecule has 1 aliphatic heterocycles. The van der Waals surface area contributed by atoms with Gasteiger partial charge in [0.05, 0.1) is 5.56 Å². The molecule has 0 N–H and O–H groups in total. The first-order valence-corrected chi connectivity index (χ1v) is 6.31. The molecule has 0 saturated carbocycles. The molecule has 2 nitrogen and oxygen atoms in total. The summed E-state index contributed by atoms with van der Waals surface area (Å²) in [6.07, 6.45) is 0. The third-order valence-electron chi connectivity index (χ3n) is 2.86. The minimum Gasteiger partial charge on any atom is -0.332 e. The van der Waals surface area contributed by atoms with Gasteiger partial charge in [-0.2, -0.15) is 0 Å². The minimum absolute atomic E-state index is 0.227. The number of carbonyl (C=O) groups is 1. The van der Waals surface area contributed by atoms with E-state index in [1.807, 2.05) is 4.90 Å². The zero-order valence-corrected chi connectivity index (χ0v) is 10.5. The number of hydrogen-bond donors (Lipinski definition) is 0. The van der Waals surface area contributed by atoms with Crippen LogP contribution in [0.5, 0.6) is 0 Å². The van der Waals surface area contributed by atoms with E-state index in [-0.39, 0.29) is 5.91 Å². The van der Waals surface area contributed by atoms with Crippen molar-refractivity contribution in [3.8, 4) is 0 Å². The van der Waals surface area contributed by atoms with Crippen LogP contribution < -0.4 is 0 Å². The maximum Gasteiger partial charge on any atom is 0.255 e. The van der Waals surface area contributed by atoms with E-state index in [1.54, 1.807) is 11.3 Å². The molecule has 1 amide bonds. The van der Waals surface area contributed by atoms with Crippen molar-refractivity contribution in [2.45, 2.75) is 46.2 Å². The van der Waals surface area contributed by atoms with Gasteiger partial charge in [-0.3, -0.25) is 4.79 Å². The van der Waals surface area contributed by atoms with Crippen molar-refractivity contribution in [3.05, 3.63) is 21.4 Å². The Morgan fingerprint density at radius 1 is 1.33 bits per heavy atom. The number of hydrogen-bond acceptors (Lipinski definition) is 2. The van der Waals surface area contributed by atoms with E-state index in [2.05, 4.69) is 33.1 Å². The highest BCUT2D eigenvalue weighted by molar-refractivity contribution is 7.10. The van der Waals surface area contributed by atoms with Crippen LogP contribution in [0.1, 0.15) is 54.4 Å². The van der Waals surface area contributed by atoms with Crippen LogP contribution in [0.2, 0.25) is 0 Å². The molecule has 1 aliphatic rings. The number of nitrogens with zero attached hydrogens (tertiary/aromatic N) is 1. The van der Waals surface area contributed by atoms with Gasteiger partial charge in [0.1, 0.15) is 0 Å². The van der Waals surface area contributed by atoms with Crippen molar-refractivity contribution in [1.29, 1.82) is 0 Å². The third-order valence-corrected chi connectivity index (χ3v) is 4.19. The molecule has 82 valence electrons. The van der Waals surface area contributed by atoms with Gasteiger partial charge in [-0.15, -0.1) is 11.3 Å². The average molecular weight is 223 g/mol. The van der Waals surface area contributed by atoms with Gasteiger partial charge in [0.2, 0.25) is 0 Å². The summed E-state index contributed by atoms with van der Waals surface area (Å²) in [5.41, 5.74) is 2.21. The molecule has 0 bridgehead atoms. The van der Waals surface area contributed by atoms with Crippen LogP contribution in [0.15, 0.2) is 5.38 Å². The molecule has 0 fully saturated rings. The number of thiophene rings is 1. The molecule has 2 rings (SSSR count). The second kappa shape index (κ2) is 3.63. The fourth-order valence-electron chi connectivity index (χ4n) is 2.01. The predicted molar refractivity (Wildman–Crippen MR) is 63.4 cm³/mol. The molecule has 0 saturated heterocycles. The topological polar surface area (TPSA) is 20.3 Å². The van der Waals surface area contributed by atoms with Gasteiger partial charge in [-0.05, 0) is 30.7 Å². The lowest BCUT2D eigenvalue weighted by atomic mass is 10.1. The lowest BCUT2D eigenvalue weighted by molar-refractivity contribution is 0.0729. The average Bonchev–Trinajstić information content (AvgIpc) is 2.66. The summed E-state index contributed by atoms with van der Waals surface area (Å²) in [6, 6.07) is 0.301. The van der Waals surface area contributed by atoms with E-state index in [1.165, 1.54) is 10.4 Å². The second-order valence-corrected chi connectivity index (χ2v) is 5.59. The predicted octanol–water partition coefficient (Wildman–Crippen LogP) is 3.24. The van der Waals surface area contributed by atoms with Crippen molar-refractivity contribution >= 4 is 17.2 Å². The molecule has 0 spiro atoms. The quantitative estimate of drug-likeness (QED) is 0.753. The van der Waals surface area contributed by atoms with Crippen LogP contribution in [0.4, 0.5) is 0 Å². The Labute approximate surface area is 94.9 Å². The molecule has 3 heteroatoms. The molecule has 0 unspecified atom stereocenters. The third kappa shape index (κ3) is 1.59. The second-order valence-electron chi connectivity index (χ2n) is 4.68. The molecular formula is C12H17NOS. The van der Waals surface area contributed by atoms with Crippen molar-refractivity contribution < 1.29 is 4.79 Å². The molecule has 1 aromatic rings. The van der Waals surface area contributed by atoms with Gasteiger partial charge in [0, 0.05) is 17.5 Å². The van der Waals surface area contributed by atoms with E-state index >= 15 is 0 Å². The van der Waals surface area contributed by atoms with Crippen LogP contribution >= 0.6 is 11.3 Å². The molecular weight excluding hydrogens is 206 g/mol. The number of fused-ring (bicyclic) bond motifs is 1. The number of carbonyl (C=O) groups excluding carboxylic acids is 1. The zero-order valence-electron chi connectivity index (χ0n) is 9.70. The summed E-state index contributed by atoms with van der Waals surface area (Å²) in [5, 5.41) is 2.14. The minimum atomic E-state index is 0.227. The summed E-state index contributed by atoms with van der Waals surface area (Å²) < 4.78 is 0. The molecule has 0 radical (unpaired) electrons. The number of amides is 1. The van der Waals surface area contributed by atoms with Crippen molar-refractivity contribution in [3.63, 3.8) is 0 Å². The van der Waals surface area contributed by atoms with E-state index in [0.717, 1.165) is 12.1 Å². The summed E-state index contributed by atoms with van der Waals surface area (Å²) in [7, 11) is 0. The van der Waals surface area contributed by atoms with E-state index in [4.69, 9.17) is 0 Å². The number of rotatable bonds is 2. The maximum atomic E-state index is 12.2. The zero-order chi connectivity index (χ0) is 11.2. The standard InChI is InChI=1S/C12H17NOS/c1-7(2)11-10-9(6-15-11)5-13(8(3)4)12(10)14/h6-8H,5H2,1-4H3. The summed E-state index contributed by atoms with van der Waals surface area (Å²) >= 11 is 1.73. The monoisotopic (exact) mass is 223 g/mol. The van der Waals surface area contributed by atoms with Crippen molar-refractivity contribution in [2.75, 3.05) is 0 Å². The summed E-state index contributed by atoms with van der Waals surface area (Å²) in [5.74, 6) is 0.680. The van der Waals surface area contributed by atoms with Crippen LogP contribution in [-0.4, -0.2) is 16.8 Å². The van der Waals surface area contributed by atoms with Gasteiger partial charge in [-0.25, -0.2) is 0 Å².